The van der Waals surface area contributed by atoms with Crippen molar-refractivity contribution in [3.8, 4) is 12.3 Å². The van der Waals surface area contributed by atoms with E-state index in [4.69, 9.17) is 6.42 Å². The molecule has 0 saturated carbocycles. The number of alkyl halides is 1. The Kier molecular flexibility index (Phi) is 15.7. The average Bonchev–Trinajstić information content (AvgIpc) is 2.76. The van der Waals surface area contributed by atoms with Gasteiger partial charge in [0.1, 0.15) is 0 Å². The molecule has 1 aromatic carbocycles. The van der Waals surface area contributed by atoms with Crippen LogP contribution in [0.15, 0.2) is 30.3 Å². The fourth-order valence-corrected chi connectivity index (χ4v) is 5.08. The lowest BCUT2D eigenvalue weighted by molar-refractivity contribution is -0.927. The first-order valence-electron chi connectivity index (χ1n) is 12.2. The molecule has 164 valence electrons. The van der Waals surface area contributed by atoms with Gasteiger partial charge < -0.3 is 4.48 Å². The Morgan fingerprint density at radius 1 is 0.759 bits per heavy atom. The summed E-state index contributed by atoms with van der Waals surface area (Å²) in [4.78, 5) is 0. The number of hydrogen-bond acceptors (Lipinski definition) is 0. The zero-order valence-electron chi connectivity index (χ0n) is 19.2. The van der Waals surface area contributed by atoms with Gasteiger partial charge in [-0.05, 0) is 37.2 Å². The molecule has 0 aromatic heterocycles. The van der Waals surface area contributed by atoms with Crippen molar-refractivity contribution in [2.24, 2.45) is 0 Å². The number of terminal acetylenes is 1. The molecule has 0 saturated heterocycles. The van der Waals surface area contributed by atoms with Crippen molar-refractivity contribution < 1.29 is 4.48 Å². The minimum absolute atomic E-state index is 0.280. The van der Waals surface area contributed by atoms with E-state index >= 15 is 0 Å². The summed E-state index contributed by atoms with van der Waals surface area (Å²) in [5, 5.41) is 0. The van der Waals surface area contributed by atoms with Gasteiger partial charge in [-0.3, -0.25) is 0 Å². The number of quaternary nitrogens is 1. The first-order valence-corrected chi connectivity index (χ1v) is 13.4. The van der Waals surface area contributed by atoms with Crippen molar-refractivity contribution in [3.63, 3.8) is 0 Å². The molecule has 0 aliphatic rings. The normalized spacial score (nSPS) is 12.6. The quantitative estimate of drug-likeness (QED) is 0.0467. The Hall–Kier alpha value is -0.530. The summed E-state index contributed by atoms with van der Waals surface area (Å²) >= 11 is 2.55. The topological polar surface area (TPSA) is 0 Å². The summed E-state index contributed by atoms with van der Waals surface area (Å²) in [7, 11) is 0. The van der Waals surface area contributed by atoms with Crippen molar-refractivity contribution in [1.82, 2.24) is 0 Å². The molecule has 0 heterocycles. The first kappa shape index (κ1) is 26.5. The summed E-state index contributed by atoms with van der Waals surface area (Å²) in [5.41, 5.74) is 1.45. The third-order valence-electron chi connectivity index (χ3n) is 6.22. The summed E-state index contributed by atoms with van der Waals surface area (Å²) in [6, 6.07) is 11.0. The molecular formula is C27H45IN+. The van der Waals surface area contributed by atoms with Gasteiger partial charge >= 0.3 is 0 Å². The highest BCUT2D eigenvalue weighted by Crippen LogP contribution is 2.25. The van der Waals surface area contributed by atoms with Gasteiger partial charge in [0.15, 0.2) is 0 Å². The van der Waals surface area contributed by atoms with Crippen molar-refractivity contribution >= 4 is 22.6 Å². The van der Waals surface area contributed by atoms with Gasteiger partial charge in [-0.1, -0.05) is 95.5 Å². The lowest BCUT2D eigenvalue weighted by Gasteiger charge is -2.41. The van der Waals surface area contributed by atoms with Gasteiger partial charge in [-0.15, -0.1) is 6.42 Å². The number of rotatable bonds is 18. The molecule has 0 spiro atoms. The number of benzene rings is 1. The van der Waals surface area contributed by atoms with Gasteiger partial charge in [0.05, 0.1) is 19.6 Å². The standard InChI is InChI=1S/C27H45IN/c1-4-7-9-11-13-18-23-29(27(28)6-3,24-19-14-12-10-8-5-2)25-22-26-20-16-15-17-21-26/h3,15-17,20-21,27H,4-5,7-14,18-19,22-25H2,1-2H3/q+1. The molecule has 0 amide bonds. The van der Waals surface area contributed by atoms with Crippen LogP contribution in [0, 0.1) is 12.3 Å². The highest BCUT2D eigenvalue weighted by atomic mass is 127. The van der Waals surface area contributed by atoms with Crippen LogP contribution in [0.25, 0.3) is 0 Å². The first-order chi connectivity index (χ1) is 14.2. The molecule has 1 atom stereocenters. The average molecular weight is 511 g/mol. The van der Waals surface area contributed by atoms with Crippen LogP contribution in [0.5, 0.6) is 0 Å². The van der Waals surface area contributed by atoms with Crippen molar-refractivity contribution in [1.29, 1.82) is 0 Å². The molecule has 0 aliphatic carbocycles. The molecule has 1 aromatic rings. The van der Waals surface area contributed by atoms with E-state index < -0.39 is 0 Å². The maximum absolute atomic E-state index is 5.99. The second kappa shape index (κ2) is 17.2. The van der Waals surface area contributed by atoms with Crippen LogP contribution in [-0.4, -0.2) is 28.2 Å². The fraction of sp³-hybridized carbons (Fsp3) is 0.704. The van der Waals surface area contributed by atoms with E-state index in [0.29, 0.717) is 0 Å². The number of unbranched alkanes of at least 4 members (excludes halogenated alkanes) is 10. The van der Waals surface area contributed by atoms with E-state index in [9.17, 15) is 0 Å². The number of halogens is 1. The Labute approximate surface area is 195 Å². The smallest absolute Gasteiger partial charge is 0.200 e. The SMILES string of the molecule is C#CC(I)[N+](CCCCCCCC)(CCCCCCCC)CCc1ccccc1. The van der Waals surface area contributed by atoms with Gasteiger partial charge in [-0.25, -0.2) is 0 Å². The molecule has 0 bridgehead atoms. The highest BCUT2D eigenvalue weighted by Gasteiger charge is 2.33. The van der Waals surface area contributed by atoms with Gasteiger partial charge in [0.2, 0.25) is 4.05 Å². The van der Waals surface area contributed by atoms with Gasteiger partial charge in [0.25, 0.3) is 0 Å². The monoisotopic (exact) mass is 510 g/mol. The molecule has 1 rings (SSSR count). The van der Waals surface area contributed by atoms with E-state index in [1.165, 1.54) is 102 Å². The molecule has 2 heteroatoms. The van der Waals surface area contributed by atoms with E-state index in [0.717, 1.165) is 10.9 Å². The molecule has 0 radical (unpaired) electrons. The van der Waals surface area contributed by atoms with Gasteiger partial charge in [0, 0.05) is 29.0 Å². The van der Waals surface area contributed by atoms with Gasteiger partial charge in [-0.2, -0.15) is 0 Å². The van der Waals surface area contributed by atoms with Crippen LogP contribution < -0.4 is 0 Å². The molecule has 29 heavy (non-hydrogen) atoms. The third kappa shape index (κ3) is 11.4. The molecule has 1 unspecified atom stereocenters. The summed E-state index contributed by atoms with van der Waals surface area (Å²) in [5.74, 6) is 3.12. The third-order valence-corrected chi connectivity index (χ3v) is 7.76. The second-order valence-electron chi connectivity index (χ2n) is 8.66. The molecule has 1 nitrogen and oxygen atoms in total. The van der Waals surface area contributed by atoms with E-state index in [1.807, 2.05) is 0 Å². The summed E-state index contributed by atoms with van der Waals surface area (Å²) in [6.45, 7) is 8.24. The fourth-order valence-electron chi connectivity index (χ4n) is 4.24. The van der Waals surface area contributed by atoms with Crippen LogP contribution in [0.3, 0.4) is 0 Å². The van der Waals surface area contributed by atoms with E-state index in [2.05, 4.69) is 72.7 Å². The largest absolute Gasteiger partial charge is 0.303 e. The Morgan fingerprint density at radius 2 is 1.24 bits per heavy atom. The zero-order valence-corrected chi connectivity index (χ0v) is 21.3. The van der Waals surface area contributed by atoms with E-state index in [-0.39, 0.29) is 4.05 Å². The number of nitrogens with zero attached hydrogens (tertiary/aromatic N) is 1. The lowest BCUT2D eigenvalue weighted by atomic mass is 10.1. The Balaban J connectivity index is 2.69. The zero-order chi connectivity index (χ0) is 21.2. The summed E-state index contributed by atoms with van der Waals surface area (Å²) < 4.78 is 1.38. The van der Waals surface area contributed by atoms with E-state index in [1.54, 1.807) is 0 Å². The lowest BCUT2D eigenvalue weighted by Crippen LogP contribution is -2.54. The minimum atomic E-state index is 0.280. The van der Waals surface area contributed by atoms with Crippen LogP contribution >= 0.6 is 22.6 Å². The highest BCUT2D eigenvalue weighted by molar-refractivity contribution is 14.1. The minimum Gasteiger partial charge on any atom is -0.303 e. The van der Waals surface area contributed by atoms with Crippen molar-refractivity contribution in [3.05, 3.63) is 35.9 Å². The maximum Gasteiger partial charge on any atom is 0.200 e. The predicted molar refractivity (Wildman–Crippen MR) is 138 cm³/mol. The van der Waals surface area contributed by atoms with Crippen LogP contribution in [0.4, 0.5) is 0 Å². The Bertz CT molecular complexity index is 517. The number of hydrogen-bond donors (Lipinski definition) is 0. The molecule has 0 fully saturated rings. The predicted octanol–water partition coefficient (Wildman–Crippen LogP) is 8.16. The van der Waals surface area contributed by atoms with Crippen molar-refractivity contribution in [2.45, 2.75) is 101 Å². The van der Waals surface area contributed by atoms with Crippen LogP contribution in [0.1, 0.15) is 96.5 Å². The molecule has 0 N–H and O–H groups in total. The Morgan fingerprint density at radius 3 is 1.72 bits per heavy atom. The maximum atomic E-state index is 5.99. The van der Waals surface area contributed by atoms with Crippen LogP contribution in [-0.2, 0) is 6.42 Å². The molecule has 0 aliphatic heterocycles. The molecular weight excluding hydrogens is 465 g/mol. The van der Waals surface area contributed by atoms with Crippen LogP contribution in [0.2, 0.25) is 0 Å². The summed E-state index contributed by atoms with van der Waals surface area (Å²) in [6.07, 6.45) is 23.4. The second-order valence-corrected chi connectivity index (χ2v) is 9.84. The van der Waals surface area contributed by atoms with Crippen molar-refractivity contribution in [2.75, 3.05) is 19.6 Å².